The number of imide groups is 1. The fraction of sp³-hybridized carbons (Fsp3) is 0. The molecule has 0 spiro atoms. The summed E-state index contributed by atoms with van der Waals surface area (Å²) in [7, 11) is -4.66. The van der Waals surface area contributed by atoms with Crippen molar-refractivity contribution in [3.05, 3.63) is 77.9 Å². The number of rotatable bonds is 4. The van der Waals surface area contributed by atoms with E-state index in [-0.39, 0.29) is 11.7 Å². The van der Waals surface area contributed by atoms with Crippen LogP contribution >= 0.6 is 19.2 Å². The number of anilines is 1. The van der Waals surface area contributed by atoms with Gasteiger partial charge in [0, 0.05) is 11.6 Å². The van der Waals surface area contributed by atoms with Gasteiger partial charge < -0.3 is 4.52 Å². The fourth-order valence-electron chi connectivity index (χ4n) is 3.41. The Bertz CT molecular complexity index is 1410. The molecule has 5 rings (SSSR count). The van der Waals surface area contributed by atoms with Crippen LogP contribution in [0.15, 0.2) is 66.7 Å². The average Bonchev–Trinajstić information content (AvgIpc) is 3.26. The van der Waals surface area contributed by atoms with E-state index in [1.54, 1.807) is 48.5 Å². The zero-order chi connectivity index (χ0) is 21.8. The van der Waals surface area contributed by atoms with Crippen molar-refractivity contribution in [3.8, 4) is 16.3 Å². The summed E-state index contributed by atoms with van der Waals surface area (Å²) < 4.78 is 16.3. The van der Waals surface area contributed by atoms with Gasteiger partial charge in [-0.25, -0.2) is 14.4 Å². The van der Waals surface area contributed by atoms with Crippen LogP contribution in [0.3, 0.4) is 0 Å². The van der Waals surface area contributed by atoms with E-state index in [2.05, 4.69) is 9.51 Å². The van der Waals surface area contributed by atoms with Crippen LogP contribution in [0.2, 0.25) is 0 Å². The minimum absolute atomic E-state index is 0.0317. The first-order valence-corrected chi connectivity index (χ1v) is 11.4. The van der Waals surface area contributed by atoms with E-state index in [0.717, 1.165) is 4.90 Å². The molecule has 0 radical (unpaired) electrons. The molecule has 8 nitrogen and oxygen atoms in total. The summed E-state index contributed by atoms with van der Waals surface area (Å²) >= 11 is 1.28. The number of nitrogens with zero attached hydrogens (tertiary/aromatic N) is 2. The molecule has 0 fully saturated rings. The van der Waals surface area contributed by atoms with E-state index >= 15 is 0 Å². The highest BCUT2D eigenvalue weighted by Gasteiger charge is 2.36. The van der Waals surface area contributed by atoms with Gasteiger partial charge in [-0.05, 0) is 36.4 Å². The predicted molar refractivity (Wildman–Crippen MR) is 115 cm³/mol. The van der Waals surface area contributed by atoms with E-state index in [4.69, 9.17) is 9.79 Å². The predicted octanol–water partition coefficient (Wildman–Crippen LogP) is 4.24. The topological polar surface area (TPSA) is 117 Å². The van der Waals surface area contributed by atoms with E-state index in [1.807, 2.05) is 6.07 Å². The quantitative estimate of drug-likeness (QED) is 0.351. The monoisotopic (exact) mass is 452 g/mol. The Morgan fingerprint density at radius 1 is 0.903 bits per heavy atom. The first kappa shape index (κ1) is 19.6. The molecule has 10 heteroatoms. The van der Waals surface area contributed by atoms with Gasteiger partial charge in [0.15, 0.2) is 0 Å². The second-order valence-electron chi connectivity index (χ2n) is 6.77. The molecule has 0 atom stereocenters. The molecule has 2 amide bonds. The second kappa shape index (κ2) is 7.11. The summed E-state index contributed by atoms with van der Waals surface area (Å²) in [6, 6.07) is 18.2. The SMILES string of the molecule is O=C1c2ccc(-c3nc4ccc(OP(=O)(O)O)cc4s3)cc2C(=O)N1c1ccccc1. The standard InChI is InChI=1S/C21H13N2O6PS/c24-20-15-8-6-12(10-16(15)21(25)23(20)13-4-2-1-3-5-13)19-22-17-9-7-14(11-18(17)31-19)29-30(26,27)28/h1-11H,(H2,26,27,28). The van der Waals surface area contributed by atoms with Crippen LogP contribution in [0.25, 0.3) is 20.8 Å². The van der Waals surface area contributed by atoms with Crippen molar-refractivity contribution in [2.24, 2.45) is 0 Å². The van der Waals surface area contributed by atoms with E-state index in [9.17, 15) is 14.2 Å². The zero-order valence-electron chi connectivity index (χ0n) is 15.6. The molecule has 154 valence electrons. The molecule has 1 aliphatic heterocycles. The third-order valence-corrected chi connectivity index (χ3v) is 6.25. The summed E-state index contributed by atoms with van der Waals surface area (Å²) in [5, 5.41) is 0.601. The lowest BCUT2D eigenvalue weighted by Gasteiger charge is -2.13. The lowest BCUT2D eigenvalue weighted by Crippen LogP contribution is -2.29. The van der Waals surface area contributed by atoms with Crippen LogP contribution in [-0.2, 0) is 4.57 Å². The number of hydrogen-bond donors (Lipinski definition) is 2. The van der Waals surface area contributed by atoms with Gasteiger partial charge >= 0.3 is 7.82 Å². The van der Waals surface area contributed by atoms with Gasteiger partial charge in [-0.15, -0.1) is 11.3 Å². The lowest BCUT2D eigenvalue weighted by molar-refractivity contribution is 0.0926. The summed E-state index contributed by atoms with van der Waals surface area (Å²) in [5.74, 6) is -0.739. The van der Waals surface area contributed by atoms with Crippen LogP contribution in [0.4, 0.5) is 5.69 Å². The Balaban J connectivity index is 1.52. The zero-order valence-corrected chi connectivity index (χ0v) is 17.3. The average molecular weight is 452 g/mol. The number of aromatic nitrogens is 1. The first-order chi connectivity index (χ1) is 14.8. The normalized spacial score (nSPS) is 13.7. The van der Waals surface area contributed by atoms with Crippen molar-refractivity contribution >= 4 is 46.9 Å². The number of amides is 2. The van der Waals surface area contributed by atoms with Gasteiger partial charge in [-0.3, -0.25) is 19.4 Å². The smallest absolute Gasteiger partial charge is 0.404 e. The molecule has 31 heavy (non-hydrogen) atoms. The summed E-state index contributed by atoms with van der Waals surface area (Å²) in [6.07, 6.45) is 0. The Morgan fingerprint density at radius 2 is 1.65 bits per heavy atom. The summed E-state index contributed by atoms with van der Waals surface area (Å²) in [6.45, 7) is 0. The van der Waals surface area contributed by atoms with Gasteiger partial charge in [0.2, 0.25) is 0 Å². The molecule has 0 bridgehead atoms. The molecule has 0 saturated carbocycles. The van der Waals surface area contributed by atoms with E-state index < -0.39 is 13.7 Å². The summed E-state index contributed by atoms with van der Waals surface area (Å²) in [4.78, 5) is 49.3. The second-order valence-corrected chi connectivity index (χ2v) is 8.97. The number of phosphoric acid groups is 1. The molecule has 0 unspecified atom stereocenters. The fourth-order valence-corrected chi connectivity index (χ4v) is 4.79. The maximum Gasteiger partial charge on any atom is 0.524 e. The number of thiazole rings is 1. The van der Waals surface area contributed by atoms with Gasteiger partial charge in [0.25, 0.3) is 11.8 Å². The number of carbonyl (C=O) groups is 2. The number of benzene rings is 3. The summed E-state index contributed by atoms with van der Waals surface area (Å²) in [5.41, 5.74) is 2.42. The lowest BCUT2D eigenvalue weighted by atomic mass is 10.1. The number of hydrogen-bond acceptors (Lipinski definition) is 6. The molecule has 0 aliphatic carbocycles. The minimum Gasteiger partial charge on any atom is -0.404 e. The van der Waals surface area contributed by atoms with Gasteiger partial charge in [0.05, 0.1) is 27.0 Å². The molecule has 2 heterocycles. The molecule has 2 N–H and O–H groups in total. The van der Waals surface area contributed by atoms with Gasteiger partial charge in [-0.1, -0.05) is 24.3 Å². The van der Waals surface area contributed by atoms with Crippen molar-refractivity contribution < 1.29 is 28.5 Å². The first-order valence-electron chi connectivity index (χ1n) is 9.04. The highest BCUT2D eigenvalue weighted by molar-refractivity contribution is 7.46. The third-order valence-electron chi connectivity index (χ3n) is 4.73. The van der Waals surface area contributed by atoms with Crippen LogP contribution in [0, 0.1) is 0 Å². The van der Waals surface area contributed by atoms with E-state index in [1.165, 1.54) is 23.5 Å². The number of fused-ring (bicyclic) bond motifs is 2. The van der Waals surface area contributed by atoms with Crippen molar-refractivity contribution in [1.82, 2.24) is 4.98 Å². The van der Waals surface area contributed by atoms with Crippen LogP contribution in [0.5, 0.6) is 5.75 Å². The Kier molecular flexibility index (Phi) is 4.49. The van der Waals surface area contributed by atoms with Crippen molar-refractivity contribution in [2.45, 2.75) is 0 Å². The van der Waals surface area contributed by atoms with Gasteiger partial charge in [0.1, 0.15) is 10.8 Å². The molecule has 4 aromatic rings. The number of phosphoric ester groups is 1. The highest BCUT2D eigenvalue weighted by Crippen LogP contribution is 2.40. The van der Waals surface area contributed by atoms with Crippen molar-refractivity contribution in [1.29, 1.82) is 0 Å². The van der Waals surface area contributed by atoms with Crippen LogP contribution in [-0.4, -0.2) is 26.6 Å². The Hall–Kier alpha value is -3.36. The highest BCUT2D eigenvalue weighted by atomic mass is 32.1. The number of carbonyl (C=O) groups excluding carboxylic acids is 2. The van der Waals surface area contributed by atoms with E-state index in [0.29, 0.717) is 37.6 Å². The molecule has 0 saturated heterocycles. The van der Waals surface area contributed by atoms with Crippen LogP contribution in [0.1, 0.15) is 20.7 Å². The molecule has 1 aromatic heterocycles. The Labute approximate surface area is 179 Å². The molecule has 1 aliphatic rings. The van der Waals surface area contributed by atoms with Crippen molar-refractivity contribution in [2.75, 3.05) is 4.90 Å². The molecule has 3 aromatic carbocycles. The Morgan fingerprint density at radius 3 is 2.39 bits per heavy atom. The number of para-hydroxylation sites is 1. The van der Waals surface area contributed by atoms with Gasteiger partial charge in [-0.2, -0.15) is 0 Å². The maximum atomic E-state index is 12.9. The maximum absolute atomic E-state index is 12.9. The largest absolute Gasteiger partial charge is 0.524 e. The minimum atomic E-state index is -4.66. The van der Waals surface area contributed by atoms with Crippen molar-refractivity contribution in [3.63, 3.8) is 0 Å². The van der Waals surface area contributed by atoms with Crippen LogP contribution < -0.4 is 9.42 Å². The third kappa shape index (κ3) is 3.54. The molecular weight excluding hydrogens is 439 g/mol. The molecular formula is C21H13N2O6PS.